The van der Waals surface area contributed by atoms with Crippen LogP contribution < -0.4 is 0 Å². The molecule has 5 aromatic carbocycles. The predicted molar refractivity (Wildman–Crippen MR) is 182 cm³/mol. The molecule has 47 heavy (non-hydrogen) atoms. The van der Waals surface area contributed by atoms with E-state index in [1.54, 1.807) is 16.1 Å². The number of aromatic nitrogens is 4. The maximum atomic E-state index is 13.3. The Morgan fingerprint density at radius 2 is 0.915 bits per heavy atom. The first kappa shape index (κ1) is 29.4. The van der Waals surface area contributed by atoms with Gasteiger partial charge in [0, 0.05) is 16.7 Å². The molecule has 2 aliphatic rings. The number of carbonyl (C=O) groups excluding carboxylic acids is 4. The van der Waals surface area contributed by atoms with Crippen LogP contribution in [0.25, 0.3) is 56.0 Å². The largest absolute Gasteiger partial charge is 0.300 e. The lowest BCUT2D eigenvalue weighted by Crippen LogP contribution is -2.06. The molecule has 4 heterocycles. The highest BCUT2D eigenvalue weighted by Gasteiger charge is 2.32. The molecule has 0 N–H and O–H groups in total. The molecule has 0 saturated carbocycles. The third-order valence-corrected chi connectivity index (χ3v) is 8.02. The number of imidazole rings is 2. The van der Waals surface area contributed by atoms with E-state index in [1.807, 2.05) is 115 Å². The number of nitrogens with zero attached hydrogens (tertiary/aromatic N) is 4. The van der Waals surface area contributed by atoms with E-state index in [4.69, 9.17) is 0 Å². The molecule has 0 atom stereocenters. The van der Waals surface area contributed by atoms with Crippen molar-refractivity contribution in [2.24, 2.45) is 0 Å². The second-order valence-electron chi connectivity index (χ2n) is 11.5. The Morgan fingerprint density at radius 3 is 1.32 bits per heavy atom. The molecule has 2 aromatic heterocycles. The Morgan fingerprint density at radius 1 is 0.511 bits per heavy atom. The molecule has 0 unspecified atom stereocenters. The first-order valence-corrected chi connectivity index (χ1v) is 15.1. The topological polar surface area (TPSA) is 104 Å². The van der Waals surface area contributed by atoms with Gasteiger partial charge in [-0.25, -0.2) is 9.97 Å². The number of Topliss-reactive ketones (excluding diaryl/α,β-unsaturated/α-hetero) is 2. The minimum absolute atomic E-state index is 0.0793. The fourth-order valence-corrected chi connectivity index (χ4v) is 5.93. The maximum Gasteiger partial charge on any atom is 0.264 e. The Bertz CT molecular complexity index is 2270. The monoisotopic (exact) mass is 616 g/mol. The molecular formula is C39H28N4O4. The van der Waals surface area contributed by atoms with E-state index in [1.165, 1.54) is 13.8 Å². The predicted octanol–water partition coefficient (Wildman–Crippen LogP) is 7.88. The van der Waals surface area contributed by atoms with Gasteiger partial charge in [-0.1, -0.05) is 66.7 Å². The highest BCUT2D eigenvalue weighted by atomic mass is 16.2. The second-order valence-corrected chi connectivity index (χ2v) is 11.5. The Balaban J connectivity index is 0.000000229. The Labute approximate surface area is 270 Å². The molecule has 0 saturated heterocycles. The number of para-hydroxylation sites is 4. The fourth-order valence-electron chi connectivity index (χ4n) is 5.93. The molecule has 0 fully saturated rings. The minimum atomic E-state index is -0.0793. The number of carbonyl (C=O) groups is 4. The van der Waals surface area contributed by atoms with Gasteiger partial charge in [-0.2, -0.15) is 0 Å². The third kappa shape index (κ3) is 5.06. The number of hydrogen-bond acceptors (Lipinski definition) is 6. The van der Waals surface area contributed by atoms with Crippen molar-refractivity contribution in [1.29, 1.82) is 0 Å². The second kappa shape index (κ2) is 11.6. The number of fused-ring (bicyclic) bond motifs is 10. The first-order valence-electron chi connectivity index (χ1n) is 15.1. The Kier molecular flexibility index (Phi) is 7.25. The van der Waals surface area contributed by atoms with Crippen LogP contribution in [-0.2, 0) is 4.79 Å². The lowest BCUT2D eigenvalue weighted by atomic mass is 9.96. The summed E-state index contributed by atoms with van der Waals surface area (Å²) in [6.07, 6.45) is 0. The summed E-state index contributed by atoms with van der Waals surface area (Å²) >= 11 is 0. The van der Waals surface area contributed by atoms with Crippen molar-refractivity contribution in [3.05, 3.63) is 132 Å². The van der Waals surface area contributed by atoms with Crippen LogP contribution in [0.4, 0.5) is 0 Å². The standard InChI is InChI=1S/C28H14N4O2.C8H8O.C3H6O/c33-27-19-13-15(9-11-17(19)25-29-21-5-1-3-7-23(21)31(25)27)16-10-12-18-20(14-16)28(34)32-24-8-4-2-6-22(24)30-26(18)32;1-7(9)8-5-3-2-4-6-8;1-3(2)4/h1-14H;2-6H,1H3;1-2H3. The smallest absolute Gasteiger partial charge is 0.264 e. The van der Waals surface area contributed by atoms with Gasteiger partial charge >= 0.3 is 0 Å². The van der Waals surface area contributed by atoms with Gasteiger partial charge in [-0.15, -0.1) is 0 Å². The third-order valence-electron chi connectivity index (χ3n) is 8.02. The summed E-state index contributed by atoms with van der Waals surface area (Å²) in [5, 5.41) is 0. The SMILES string of the molecule is CC(=O)c1ccccc1.CC(C)=O.O=C1c2cc(-c3ccc4c(c3)C(=O)n3c-4nc4ccccc43)ccc2-c2nc3ccccc3n21. The number of rotatable bonds is 2. The van der Waals surface area contributed by atoms with Crippen LogP contribution in [-0.4, -0.2) is 42.5 Å². The zero-order valence-corrected chi connectivity index (χ0v) is 25.9. The molecule has 0 spiro atoms. The van der Waals surface area contributed by atoms with Crippen molar-refractivity contribution in [1.82, 2.24) is 19.1 Å². The highest BCUT2D eigenvalue weighted by molar-refractivity contribution is 6.15. The lowest BCUT2D eigenvalue weighted by Gasteiger charge is -2.06. The summed E-state index contributed by atoms with van der Waals surface area (Å²) in [5.41, 5.74) is 8.67. The van der Waals surface area contributed by atoms with Crippen LogP contribution in [0.3, 0.4) is 0 Å². The summed E-state index contributed by atoms with van der Waals surface area (Å²) < 4.78 is 3.36. The van der Waals surface area contributed by atoms with Crippen molar-refractivity contribution >= 4 is 45.4 Å². The van der Waals surface area contributed by atoms with Gasteiger partial charge in [-0.3, -0.25) is 23.5 Å². The molecular weight excluding hydrogens is 588 g/mol. The van der Waals surface area contributed by atoms with Gasteiger partial charge in [0.1, 0.15) is 17.4 Å². The summed E-state index contributed by atoms with van der Waals surface area (Å²) in [7, 11) is 0. The van der Waals surface area contributed by atoms with Gasteiger partial charge in [-0.05, 0) is 80.4 Å². The zero-order valence-electron chi connectivity index (χ0n) is 25.9. The lowest BCUT2D eigenvalue weighted by molar-refractivity contribution is -0.115. The molecule has 0 radical (unpaired) electrons. The first-order chi connectivity index (χ1) is 22.7. The summed E-state index contributed by atoms with van der Waals surface area (Å²) in [6, 6.07) is 36.2. The zero-order chi connectivity index (χ0) is 32.8. The average molecular weight is 617 g/mol. The van der Waals surface area contributed by atoms with Crippen LogP contribution in [0, 0.1) is 0 Å². The summed E-state index contributed by atoms with van der Waals surface area (Å²) in [5.74, 6) is 1.48. The van der Waals surface area contributed by atoms with E-state index in [-0.39, 0.29) is 23.4 Å². The van der Waals surface area contributed by atoms with Crippen molar-refractivity contribution < 1.29 is 19.2 Å². The van der Waals surface area contributed by atoms with Gasteiger partial charge < -0.3 is 4.79 Å². The van der Waals surface area contributed by atoms with Gasteiger partial charge in [0.05, 0.1) is 33.2 Å². The van der Waals surface area contributed by atoms with Crippen molar-refractivity contribution in [2.75, 3.05) is 0 Å². The molecule has 9 rings (SSSR count). The number of benzene rings is 5. The minimum Gasteiger partial charge on any atom is -0.300 e. The van der Waals surface area contributed by atoms with E-state index in [0.717, 1.165) is 49.9 Å². The van der Waals surface area contributed by atoms with Crippen molar-refractivity contribution in [3.8, 4) is 33.9 Å². The quantitative estimate of drug-likeness (QED) is 0.183. The molecule has 0 bridgehead atoms. The normalized spacial score (nSPS) is 12.0. The summed E-state index contributed by atoms with van der Waals surface area (Å²) in [6.45, 7) is 4.62. The van der Waals surface area contributed by atoms with E-state index in [0.29, 0.717) is 22.8 Å². The summed E-state index contributed by atoms with van der Waals surface area (Å²) in [4.78, 5) is 56.0. The van der Waals surface area contributed by atoms with Crippen molar-refractivity contribution in [3.63, 3.8) is 0 Å². The van der Waals surface area contributed by atoms with Crippen LogP contribution in [0.1, 0.15) is 51.8 Å². The maximum absolute atomic E-state index is 13.3. The van der Waals surface area contributed by atoms with Gasteiger partial charge in [0.2, 0.25) is 0 Å². The number of hydrogen-bond donors (Lipinski definition) is 0. The van der Waals surface area contributed by atoms with Crippen LogP contribution >= 0.6 is 0 Å². The molecule has 8 nitrogen and oxygen atoms in total. The average Bonchev–Trinajstić information content (AvgIpc) is 3.80. The highest BCUT2D eigenvalue weighted by Crippen LogP contribution is 2.40. The molecule has 7 aromatic rings. The van der Waals surface area contributed by atoms with E-state index >= 15 is 0 Å². The van der Waals surface area contributed by atoms with E-state index in [2.05, 4.69) is 9.97 Å². The molecule has 0 aliphatic carbocycles. The van der Waals surface area contributed by atoms with Crippen molar-refractivity contribution in [2.45, 2.75) is 20.8 Å². The van der Waals surface area contributed by atoms with Crippen LogP contribution in [0.15, 0.2) is 115 Å². The van der Waals surface area contributed by atoms with Crippen LogP contribution in [0.2, 0.25) is 0 Å². The number of ketones is 2. The van der Waals surface area contributed by atoms with E-state index < -0.39 is 0 Å². The Hall–Kier alpha value is -6.28. The van der Waals surface area contributed by atoms with Crippen LogP contribution in [0.5, 0.6) is 0 Å². The molecule has 228 valence electrons. The van der Waals surface area contributed by atoms with Gasteiger partial charge in [0.25, 0.3) is 11.8 Å². The molecule has 2 aliphatic heterocycles. The fraction of sp³-hybridized carbons (Fsp3) is 0.0769. The van der Waals surface area contributed by atoms with E-state index in [9.17, 15) is 19.2 Å². The molecule has 8 heteroatoms. The van der Waals surface area contributed by atoms with Gasteiger partial charge in [0.15, 0.2) is 5.78 Å². The molecule has 0 amide bonds.